The minimum absolute atomic E-state index is 0.528. The van der Waals surface area contributed by atoms with Crippen LogP contribution >= 0.6 is 0 Å². The van der Waals surface area contributed by atoms with E-state index in [-0.39, 0.29) is 0 Å². The third kappa shape index (κ3) is 1.12. The van der Waals surface area contributed by atoms with Gasteiger partial charge in [0.25, 0.3) is 0 Å². The molecule has 2 aliphatic rings. The minimum atomic E-state index is 0.528. The number of fused-ring (bicyclic) bond motifs is 1. The van der Waals surface area contributed by atoms with Crippen LogP contribution in [0.1, 0.15) is 30.7 Å². The molecule has 3 unspecified atom stereocenters. The van der Waals surface area contributed by atoms with Crippen molar-refractivity contribution in [2.24, 2.45) is 5.92 Å². The van der Waals surface area contributed by atoms with Gasteiger partial charge in [-0.3, -0.25) is 0 Å². The zero-order valence-electron chi connectivity index (χ0n) is 8.66. The van der Waals surface area contributed by atoms with Crippen molar-refractivity contribution in [1.29, 1.82) is 0 Å². The highest BCUT2D eigenvalue weighted by Crippen LogP contribution is 2.60. The van der Waals surface area contributed by atoms with Crippen LogP contribution in [0.25, 0.3) is 0 Å². The molecule has 0 radical (unpaired) electrons. The van der Waals surface area contributed by atoms with Gasteiger partial charge in [0.1, 0.15) is 0 Å². The third-order valence-electron chi connectivity index (χ3n) is 4.18. The SMILES string of the molecule is CNC12CC(c3ccccc3)CC1C2. The molecule has 2 aliphatic carbocycles. The lowest BCUT2D eigenvalue weighted by atomic mass is 9.93. The van der Waals surface area contributed by atoms with Gasteiger partial charge in [-0.15, -0.1) is 0 Å². The van der Waals surface area contributed by atoms with E-state index in [2.05, 4.69) is 42.7 Å². The molecule has 0 bridgehead atoms. The topological polar surface area (TPSA) is 12.0 Å². The first-order valence-corrected chi connectivity index (χ1v) is 5.58. The summed E-state index contributed by atoms with van der Waals surface area (Å²) in [5.41, 5.74) is 2.06. The maximum absolute atomic E-state index is 3.51. The van der Waals surface area contributed by atoms with Crippen LogP contribution < -0.4 is 5.32 Å². The van der Waals surface area contributed by atoms with Crippen LogP contribution in [0.2, 0.25) is 0 Å². The first-order chi connectivity index (χ1) is 6.84. The lowest BCUT2D eigenvalue weighted by Gasteiger charge is -2.16. The number of hydrogen-bond donors (Lipinski definition) is 1. The van der Waals surface area contributed by atoms with Crippen molar-refractivity contribution in [2.45, 2.75) is 30.7 Å². The predicted octanol–water partition coefficient (Wildman–Crippen LogP) is 2.54. The van der Waals surface area contributed by atoms with Gasteiger partial charge >= 0.3 is 0 Å². The first kappa shape index (κ1) is 8.49. The van der Waals surface area contributed by atoms with Gasteiger partial charge in [0, 0.05) is 5.54 Å². The molecule has 2 fully saturated rings. The van der Waals surface area contributed by atoms with Crippen molar-refractivity contribution in [3.63, 3.8) is 0 Å². The molecule has 2 saturated carbocycles. The molecule has 0 heterocycles. The largest absolute Gasteiger partial charge is 0.314 e. The summed E-state index contributed by atoms with van der Waals surface area (Å²) >= 11 is 0. The van der Waals surface area contributed by atoms with Crippen LogP contribution in [-0.4, -0.2) is 12.6 Å². The van der Waals surface area contributed by atoms with E-state index in [0.717, 1.165) is 11.8 Å². The summed E-state index contributed by atoms with van der Waals surface area (Å²) < 4.78 is 0. The fraction of sp³-hybridized carbons (Fsp3) is 0.538. The lowest BCUT2D eigenvalue weighted by Crippen LogP contribution is -2.27. The number of benzene rings is 1. The molecule has 1 aromatic carbocycles. The second-order valence-corrected chi connectivity index (χ2v) is 4.85. The van der Waals surface area contributed by atoms with E-state index in [9.17, 15) is 0 Å². The first-order valence-electron chi connectivity index (χ1n) is 5.58. The van der Waals surface area contributed by atoms with E-state index in [1.165, 1.54) is 24.8 Å². The van der Waals surface area contributed by atoms with Crippen molar-refractivity contribution >= 4 is 0 Å². The van der Waals surface area contributed by atoms with E-state index in [1.807, 2.05) is 0 Å². The molecule has 0 aromatic heterocycles. The summed E-state index contributed by atoms with van der Waals surface area (Å²) in [6, 6.07) is 11.0. The summed E-state index contributed by atoms with van der Waals surface area (Å²) in [6.45, 7) is 0. The van der Waals surface area contributed by atoms with E-state index < -0.39 is 0 Å². The van der Waals surface area contributed by atoms with Crippen LogP contribution in [-0.2, 0) is 0 Å². The number of rotatable bonds is 2. The Morgan fingerprint density at radius 1 is 1.21 bits per heavy atom. The molecule has 3 rings (SSSR count). The number of hydrogen-bond acceptors (Lipinski definition) is 1. The monoisotopic (exact) mass is 187 g/mol. The van der Waals surface area contributed by atoms with Crippen molar-refractivity contribution in [3.8, 4) is 0 Å². The smallest absolute Gasteiger partial charge is 0.0216 e. The van der Waals surface area contributed by atoms with Crippen LogP contribution in [0, 0.1) is 5.92 Å². The Labute approximate surface area is 85.5 Å². The van der Waals surface area contributed by atoms with Gasteiger partial charge in [-0.2, -0.15) is 0 Å². The van der Waals surface area contributed by atoms with Crippen LogP contribution in [0.3, 0.4) is 0 Å². The Balaban J connectivity index is 1.79. The second kappa shape index (κ2) is 2.83. The summed E-state index contributed by atoms with van der Waals surface area (Å²) in [4.78, 5) is 0. The Morgan fingerprint density at radius 3 is 2.64 bits per heavy atom. The molecular formula is C13H17N. The summed E-state index contributed by atoms with van der Waals surface area (Å²) in [6.07, 6.45) is 4.15. The molecule has 1 heteroatoms. The quantitative estimate of drug-likeness (QED) is 0.750. The van der Waals surface area contributed by atoms with Crippen LogP contribution in [0.5, 0.6) is 0 Å². The third-order valence-corrected chi connectivity index (χ3v) is 4.18. The van der Waals surface area contributed by atoms with Crippen LogP contribution in [0.4, 0.5) is 0 Å². The lowest BCUT2D eigenvalue weighted by molar-refractivity contribution is 0.508. The highest BCUT2D eigenvalue weighted by Gasteiger charge is 2.59. The average Bonchev–Trinajstić information content (AvgIpc) is 2.83. The molecule has 74 valence electrons. The van der Waals surface area contributed by atoms with Gasteiger partial charge in [0.15, 0.2) is 0 Å². The van der Waals surface area contributed by atoms with E-state index in [4.69, 9.17) is 0 Å². The highest BCUT2D eigenvalue weighted by molar-refractivity contribution is 5.28. The maximum Gasteiger partial charge on any atom is 0.0216 e. The molecule has 0 aliphatic heterocycles. The second-order valence-electron chi connectivity index (χ2n) is 4.85. The molecule has 0 saturated heterocycles. The number of nitrogens with one attached hydrogen (secondary N) is 1. The van der Waals surface area contributed by atoms with Gasteiger partial charge in [0.05, 0.1) is 0 Å². The Hall–Kier alpha value is -0.820. The van der Waals surface area contributed by atoms with Gasteiger partial charge in [-0.05, 0) is 43.7 Å². The minimum Gasteiger partial charge on any atom is -0.314 e. The molecule has 3 atom stereocenters. The Morgan fingerprint density at radius 2 is 2.00 bits per heavy atom. The maximum atomic E-state index is 3.51. The average molecular weight is 187 g/mol. The standard InChI is InChI=1S/C13H17N/c1-14-13-8-11(7-12(13)9-13)10-5-3-2-4-6-10/h2-6,11-12,14H,7-9H2,1H3. The zero-order valence-corrected chi connectivity index (χ0v) is 8.66. The molecule has 0 amide bonds. The van der Waals surface area contributed by atoms with Crippen molar-refractivity contribution in [2.75, 3.05) is 7.05 Å². The van der Waals surface area contributed by atoms with Gasteiger partial charge in [-0.25, -0.2) is 0 Å². The highest BCUT2D eigenvalue weighted by atomic mass is 15.0. The van der Waals surface area contributed by atoms with Crippen molar-refractivity contribution in [3.05, 3.63) is 35.9 Å². The molecular weight excluding hydrogens is 170 g/mol. The predicted molar refractivity (Wildman–Crippen MR) is 58.3 cm³/mol. The fourth-order valence-corrected chi connectivity index (χ4v) is 3.19. The summed E-state index contributed by atoms with van der Waals surface area (Å²) in [5, 5.41) is 3.51. The molecule has 0 spiro atoms. The molecule has 14 heavy (non-hydrogen) atoms. The van der Waals surface area contributed by atoms with Crippen molar-refractivity contribution < 1.29 is 0 Å². The summed E-state index contributed by atoms with van der Waals surface area (Å²) in [7, 11) is 2.12. The van der Waals surface area contributed by atoms with Crippen molar-refractivity contribution in [1.82, 2.24) is 5.32 Å². The Bertz CT molecular complexity index is 328. The van der Waals surface area contributed by atoms with Gasteiger partial charge in [0.2, 0.25) is 0 Å². The van der Waals surface area contributed by atoms with Gasteiger partial charge in [-0.1, -0.05) is 30.3 Å². The van der Waals surface area contributed by atoms with E-state index in [1.54, 1.807) is 0 Å². The van der Waals surface area contributed by atoms with Crippen LogP contribution in [0.15, 0.2) is 30.3 Å². The zero-order chi connectivity index (χ0) is 9.60. The van der Waals surface area contributed by atoms with Gasteiger partial charge < -0.3 is 5.32 Å². The molecule has 1 aromatic rings. The van der Waals surface area contributed by atoms with E-state index in [0.29, 0.717) is 5.54 Å². The summed E-state index contributed by atoms with van der Waals surface area (Å²) in [5.74, 6) is 1.76. The van der Waals surface area contributed by atoms with E-state index >= 15 is 0 Å². The normalized spacial score (nSPS) is 39.5. The molecule has 1 nitrogen and oxygen atoms in total. The fourth-order valence-electron chi connectivity index (χ4n) is 3.19. The Kier molecular flexibility index (Phi) is 1.72. The molecule has 1 N–H and O–H groups in total.